The fraction of sp³-hybridized carbons (Fsp3) is 0.200. The van der Waals surface area contributed by atoms with E-state index in [4.69, 9.17) is 18.0 Å². The lowest BCUT2D eigenvalue weighted by atomic mass is 10.2. The number of rotatable bonds is 8. The molecule has 0 fully saturated rings. The summed E-state index contributed by atoms with van der Waals surface area (Å²) in [5.41, 5.74) is 0.541. The number of ether oxygens (including phenoxy) is 1. The van der Waals surface area contributed by atoms with E-state index in [1.54, 1.807) is 0 Å². The number of benzene rings is 2. The van der Waals surface area contributed by atoms with Crippen LogP contribution in [0.4, 0.5) is 0 Å². The number of esters is 1. The summed E-state index contributed by atoms with van der Waals surface area (Å²) in [6, 6.07) is 10.6. The number of phenolic OH excluding ortho intramolecular Hbond substituents is 2. The van der Waals surface area contributed by atoms with Gasteiger partial charge in [-0.3, -0.25) is 9.59 Å². The molecule has 2 aromatic rings. The van der Waals surface area contributed by atoms with Gasteiger partial charge in [-0.15, -0.1) is 0 Å². The van der Waals surface area contributed by atoms with Crippen LogP contribution in [-0.2, 0) is 38.4 Å². The van der Waals surface area contributed by atoms with Crippen LogP contribution in [0, 0.1) is 0 Å². The van der Waals surface area contributed by atoms with Crippen molar-refractivity contribution in [2.75, 3.05) is 6.61 Å². The van der Waals surface area contributed by atoms with Gasteiger partial charge in [-0.2, -0.15) is 0 Å². The van der Waals surface area contributed by atoms with Crippen molar-refractivity contribution in [3.05, 3.63) is 59.7 Å². The summed E-state index contributed by atoms with van der Waals surface area (Å²) in [5, 5.41) is 18.7. The largest absolute Gasteiger partial charge is 0.709 e. The standard InChI is InChI=1S/C20H20O10Si/c1-13(21)28-31(29-14(2)22,12-15-3-7-17(23)8-4-15)30-19(25)11-27-20(26)16-5-9-18(24)10-6-16/h3-10,23-24H,11-12H2,1-2H3. The molecule has 164 valence electrons. The number of hydrogen-bond donors (Lipinski definition) is 2. The van der Waals surface area contributed by atoms with E-state index in [2.05, 4.69) is 0 Å². The second-order valence-electron chi connectivity index (χ2n) is 6.31. The number of carbonyl (C=O) groups excluding carboxylic acids is 4. The van der Waals surface area contributed by atoms with E-state index in [9.17, 15) is 29.4 Å². The molecule has 0 unspecified atom stereocenters. The van der Waals surface area contributed by atoms with E-state index < -0.39 is 39.3 Å². The van der Waals surface area contributed by atoms with E-state index in [1.165, 1.54) is 48.5 Å². The van der Waals surface area contributed by atoms with Gasteiger partial charge < -0.3 is 28.2 Å². The second-order valence-corrected chi connectivity index (χ2v) is 8.64. The average Bonchev–Trinajstić information content (AvgIpc) is 2.67. The number of aromatic hydroxyl groups is 2. The fourth-order valence-corrected chi connectivity index (χ4v) is 4.84. The lowest BCUT2D eigenvalue weighted by Gasteiger charge is -2.26. The third-order valence-electron chi connectivity index (χ3n) is 3.65. The SMILES string of the molecule is CC(=O)O[Si](Cc1ccc(O)cc1)(OC(C)=O)OC(=O)COC(=O)c1ccc(O)cc1. The molecule has 0 saturated heterocycles. The third kappa shape index (κ3) is 7.47. The molecule has 11 heteroatoms. The van der Waals surface area contributed by atoms with Gasteiger partial charge in [-0.05, 0) is 42.0 Å². The Balaban J connectivity index is 2.15. The summed E-state index contributed by atoms with van der Waals surface area (Å²) in [7, 11) is -4.26. The van der Waals surface area contributed by atoms with Crippen molar-refractivity contribution in [3.8, 4) is 11.5 Å². The van der Waals surface area contributed by atoms with E-state index in [1.807, 2.05) is 0 Å². The first-order chi connectivity index (χ1) is 14.6. The van der Waals surface area contributed by atoms with Gasteiger partial charge in [0.1, 0.15) is 11.5 Å². The Bertz CT molecular complexity index is 937. The lowest BCUT2D eigenvalue weighted by Crippen LogP contribution is -2.52. The van der Waals surface area contributed by atoms with Crippen LogP contribution in [-0.4, -0.2) is 49.5 Å². The summed E-state index contributed by atoms with van der Waals surface area (Å²) in [4.78, 5) is 47.6. The molecular weight excluding hydrogens is 428 g/mol. The Morgan fingerprint density at radius 3 is 1.74 bits per heavy atom. The topological polar surface area (TPSA) is 146 Å². The van der Waals surface area contributed by atoms with Crippen LogP contribution < -0.4 is 0 Å². The average molecular weight is 448 g/mol. The zero-order chi connectivity index (χ0) is 23.0. The Kier molecular flexibility index (Phi) is 7.74. The maximum absolute atomic E-state index is 12.3. The zero-order valence-corrected chi connectivity index (χ0v) is 17.7. The first kappa shape index (κ1) is 23.4. The number of phenols is 2. The highest BCUT2D eigenvalue weighted by Crippen LogP contribution is 2.20. The molecule has 0 saturated carbocycles. The molecule has 0 aromatic heterocycles. The van der Waals surface area contributed by atoms with Gasteiger partial charge >= 0.3 is 20.7 Å². The van der Waals surface area contributed by atoms with Crippen LogP contribution in [0.1, 0.15) is 29.8 Å². The predicted molar refractivity (Wildman–Crippen MR) is 106 cm³/mol. The molecule has 10 nitrogen and oxygen atoms in total. The van der Waals surface area contributed by atoms with E-state index in [0.717, 1.165) is 13.8 Å². The molecule has 0 radical (unpaired) electrons. The minimum Gasteiger partial charge on any atom is -0.508 e. The van der Waals surface area contributed by atoms with Gasteiger partial charge in [0.05, 0.1) is 11.6 Å². The monoisotopic (exact) mass is 448 g/mol. The molecule has 0 amide bonds. The van der Waals surface area contributed by atoms with Crippen molar-refractivity contribution >= 4 is 32.7 Å². The molecule has 0 heterocycles. The number of carbonyl (C=O) groups is 4. The van der Waals surface area contributed by atoms with Gasteiger partial charge in [0, 0.05) is 13.8 Å². The van der Waals surface area contributed by atoms with Crippen LogP contribution in [0.5, 0.6) is 11.5 Å². The summed E-state index contributed by atoms with van der Waals surface area (Å²) in [5.74, 6) is -3.72. The molecule has 0 bridgehead atoms. The summed E-state index contributed by atoms with van der Waals surface area (Å²) >= 11 is 0. The maximum atomic E-state index is 12.3. The van der Waals surface area contributed by atoms with Gasteiger partial charge in [0.2, 0.25) is 0 Å². The molecule has 2 aromatic carbocycles. The normalized spacial score (nSPS) is 10.6. The van der Waals surface area contributed by atoms with Crippen molar-refractivity contribution in [1.29, 1.82) is 0 Å². The fourth-order valence-electron chi connectivity index (χ4n) is 2.48. The quantitative estimate of drug-likeness (QED) is 0.451. The van der Waals surface area contributed by atoms with Crippen LogP contribution >= 0.6 is 0 Å². The molecule has 2 rings (SSSR count). The van der Waals surface area contributed by atoms with Gasteiger partial charge in [0.25, 0.3) is 11.9 Å². The maximum Gasteiger partial charge on any atom is 0.709 e. The minimum absolute atomic E-state index is 0.0193. The first-order valence-electron chi connectivity index (χ1n) is 8.93. The van der Waals surface area contributed by atoms with Crippen molar-refractivity contribution in [2.24, 2.45) is 0 Å². The smallest absolute Gasteiger partial charge is 0.508 e. The van der Waals surface area contributed by atoms with Crippen LogP contribution in [0.2, 0.25) is 0 Å². The lowest BCUT2D eigenvalue weighted by molar-refractivity contribution is -0.150. The summed E-state index contributed by atoms with van der Waals surface area (Å²) in [6.07, 6.45) is 0. The Labute approximate surface area is 178 Å². The molecule has 0 atom stereocenters. The van der Waals surface area contributed by atoms with Crippen LogP contribution in [0.3, 0.4) is 0 Å². The highest BCUT2D eigenvalue weighted by atomic mass is 28.4. The van der Waals surface area contributed by atoms with E-state index in [0.29, 0.717) is 5.56 Å². The van der Waals surface area contributed by atoms with Crippen LogP contribution in [0.25, 0.3) is 0 Å². The Morgan fingerprint density at radius 2 is 1.26 bits per heavy atom. The highest BCUT2D eigenvalue weighted by molar-refractivity contribution is 6.65. The minimum atomic E-state index is -4.26. The molecule has 0 aliphatic heterocycles. The summed E-state index contributed by atoms with van der Waals surface area (Å²) < 4.78 is 20.4. The number of hydrogen-bond acceptors (Lipinski definition) is 10. The molecule has 0 spiro atoms. The van der Waals surface area contributed by atoms with E-state index >= 15 is 0 Å². The zero-order valence-electron chi connectivity index (χ0n) is 16.7. The van der Waals surface area contributed by atoms with Crippen molar-refractivity contribution in [2.45, 2.75) is 19.9 Å². The third-order valence-corrected chi connectivity index (χ3v) is 6.23. The van der Waals surface area contributed by atoms with Crippen LogP contribution in [0.15, 0.2) is 48.5 Å². The summed E-state index contributed by atoms with van der Waals surface area (Å²) in [6.45, 7) is 1.27. The molecule has 2 N–H and O–H groups in total. The molecule has 31 heavy (non-hydrogen) atoms. The molecular formula is C20H20O10Si. The van der Waals surface area contributed by atoms with Crippen molar-refractivity contribution in [1.82, 2.24) is 0 Å². The molecule has 0 aliphatic carbocycles. The molecule has 0 aliphatic rings. The Hall–Kier alpha value is -3.86. The second kappa shape index (κ2) is 10.3. The van der Waals surface area contributed by atoms with Crippen molar-refractivity contribution in [3.63, 3.8) is 0 Å². The van der Waals surface area contributed by atoms with Crippen molar-refractivity contribution < 1.29 is 47.4 Å². The first-order valence-corrected chi connectivity index (χ1v) is 10.9. The highest BCUT2D eigenvalue weighted by Gasteiger charge is 2.52. The predicted octanol–water partition coefficient (Wildman–Crippen LogP) is 1.64. The van der Waals surface area contributed by atoms with Gasteiger partial charge in [0.15, 0.2) is 6.61 Å². The Morgan fingerprint density at radius 1 is 0.774 bits per heavy atom. The van der Waals surface area contributed by atoms with Gasteiger partial charge in [-0.25, -0.2) is 9.59 Å². The van der Waals surface area contributed by atoms with Gasteiger partial charge in [-0.1, -0.05) is 12.1 Å². The van der Waals surface area contributed by atoms with E-state index in [-0.39, 0.29) is 23.1 Å².